The molecule has 0 aliphatic rings. The molecule has 19 heavy (non-hydrogen) atoms. The van der Waals surface area contributed by atoms with Crippen LogP contribution in [0.4, 0.5) is 10.1 Å². The Bertz CT molecular complexity index is 536. The topological polar surface area (TPSA) is 72.2 Å². The first kappa shape index (κ1) is 15.9. The van der Waals surface area contributed by atoms with E-state index in [1.807, 2.05) is 20.8 Å². The van der Waals surface area contributed by atoms with E-state index in [9.17, 15) is 12.8 Å². The third-order valence-electron chi connectivity index (χ3n) is 2.66. The number of benzene rings is 1. The summed E-state index contributed by atoms with van der Waals surface area (Å²) in [4.78, 5) is 0. The molecule has 0 atom stereocenters. The molecule has 1 aromatic carbocycles. The van der Waals surface area contributed by atoms with Crippen molar-refractivity contribution < 1.29 is 12.8 Å². The van der Waals surface area contributed by atoms with Crippen LogP contribution in [-0.2, 0) is 16.6 Å². The molecule has 0 aliphatic heterocycles. The largest absolute Gasteiger partial charge is 0.326 e. The van der Waals surface area contributed by atoms with Gasteiger partial charge in [0.2, 0.25) is 10.0 Å². The first-order chi connectivity index (χ1) is 8.63. The predicted molar refractivity (Wildman–Crippen MR) is 75.8 cm³/mol. The summed E-state index contributed by atoms with van der Waals surface area (Å²) in [7, 11) is -3.42. The zero-order chi connectivity index (χ0) is 14.7. The van der Waals surface area contributed by atoms with E-state index in [1.165, 1.54) is 18.2 Å². The molecule has 0 bridgehead atoms. The van der Waals surface area contributed by atoms with Crippen LogP contribution in [0, 0.1) is 11.2 Å². The summed E-state index contributed by atoms with van der Waals surface area (Å²) in [5, 5.41) is 0. The van der Waals surface area contributed by atoms with Crippen molar-refractivity contribution in [3.8, 4) is 0 Å². The van der Waals surface area contributed by atoms with E-state index in [2.05, 4.69) is 4.72 Å². The highest BCUT2D eigenvalue weighted by molar-refractivity contribution is 7.92. The lowest BCUT2D eigenvalue weighted by Crippen LogP contribution is -2.21. The Morgan fingerprint density at radius 1 is 1.32 bits per heavy atom. The number of nitrogens with one attached hydrogen (secondary N) is 1. The second-order valence-electron chi connectivity index (χ2n) is 5.74. The van der Waals surface area contributed by atoms with Crippen molar-refractivity contribution in [2.45, 2.75) is 33.7 Å². The molecule has 0 saturated carbocycles. The van der Waals surface area contributed by atoms with Gasteiger partial charge in [0, 0.05) is 17.8 Å². The van der Waals surface area contributed by atoms with Crippen LogP contribution in [0.2, 0.25) is 0 Å². The Hall–Kier alpha value is -1.14. The highest BCUT2D eigenvalue weighted by Gasteiger charge is 2.17. The zero-order valence-corrected chi connectivity index (χ0v) is 12.3. The van der Waals surface area contributed by atoms with Gasteiger partial charge in [-0.3, -0.25) is 4.72 Å². The minimum Gasteiger partial charge on any atom is -0.326 e. The Morgan fingerprint density at radius 3 is 2.47 bits per heavy atom. The summed E-state index contributed by atoms with van der Waals surface area (Å²) in [5.41, 5.74) is 5.96. The smallest absolute Gasteiger partial charge is 0.232 e. The van der Waals surface area contributed by atoms with Crippen molar-refractivity contribution in [3.63, 3.8) is 0 Å². The molecular weight excluding hydrogens is 267 g/mol. The Labute approximate surface area is 114 Å². The molecule has 0 spiro atoms. The molecule has 0 fully saturated rings. The normalized spacial score (nSPS) is 12.5. The standard InChI is InChI=1S/C13H21FN2O2S/c1-13(2,3)6-7-19(17,18)16-11-4-5-12(14)10(8-11)9-15/h4-5,8,16H,6-7,9,15H2,1-3H3. The number of rotatable bonds is 5. The molecule has 0 radical (unpaired) electrons. The highest BCUT2D eigenvalue weighted by atomic mass is 32.2. The fraction of sp³-hybridized carbons (Fsp3) is 0.538. The number of nitrogens with two attached hydrogens (primary N) is 1. The summed E-state index contributed by atoms with van der Waals surface area (Å²) < 4.78 is 39.5. The van der Waals surface area contributed by atoms with Crippen LogP contribution in [-0.4, -0.2) is 14.2 Å². The lowest BCUT2D eigenvalue weighted by Gasteiger charge is -2.18. The second-order valence-corrected chi connectivity index (χ2v) is 7.58. The first-order valence-corrected chi connectivity index (χ1v) is 7.77. The minimum absolute atomic E-state index is 0.0311. The minimum atomic E-state index is -3.42. The van der Waals surface area contributed by atoms with Gasteiger partial charge < -0.3 is 5.73 Å². The fourth-order valence-electron chi connectivity index (χ4n) is 1.47. The van der Waals surface area contributed by atoms with Crippen molar-refractivity contribution in [2.75, 3.05) is 10.5 Å². The zero-order valence-electron chi connectivity index (χ0n) is 11.5. The molecule has 0 aliphatic carbocycles. The van der Waals surface area contributed by atoms with Gasteiger partial charge in [-0.15, -0.1) is 0 Å². The summed E-state index contributed by atoms with van der Waals surface area (Å²) in [6.07, 6.45) is 0.549. The van der Waals surface area contributed by atoms with E-state index in [-0.39, 0.29) is 23.3 Å². The molecular formula is C13H21FN2O2S. The first-order valence-electron chi connectivity index (χ1n) is 6.12. The number of anilines is 1. The molecule has 1 aromatic rings. The van der Waals surface area contributed by atoms with E-state index < -0.39 is 15.8 Å². The van der Waals surface area contributed by atoms with Crippen LogP contribution in [0.1, 0.15) is 32.8 Å². The van der Waals surface area contributed by atoms with E-state index in [0.717, 1.165) is 0 Å². The molecule has 0 saturated heterocycles. The van der Waals surface area contributed by atoms with Gasteiger partial charge in [0.1, 0.15) is 5.82 Å². The van der Waals surface area contributed by atoms with Crippen molar-refractivity contribution in [1.82, 2.24) is 0 Å². The summed E-state index contributed by atoms with van der Waals surface area (Å²) >= 11 is 0. The molecule has 0 amide bonds. The van der Waals surface area contributed by atoms with E-state index in [4.69, 9.17) is 5.73 Å². The van der Waals surface area contributed by atoms with Crippen LogP contribution >= 0.6 is 0 Å². The molecule has 0 unspecified atom stereocenters. The SMILES string of the molecule is CC(C)(C)CCS(=O)(=O)Nc1ccc(F)c(CN)c1. The molecule has 6 heteroatoms. The molecule has 0 heterocycles. The van der Waals surface area contributed by atoms with Crippen molar-refractivity contribution >= 4 is 15.7 Å². The van der Waals surface area contributed by atoms with Crippen molar-refractivity contribution in [1.29, 1.82) is 0 Å². The maximum Gasteiger partial charge on any atom is 0.232 e. The third kappa shape index (κ3) is 5.57. The number of sulfonamides is 1. The van der Waals surface area contributed by atoms with Crippen molar-refractivity contribution in [2.24, 2.45) is 11.1 Å². The van der Waals surface area contributed by atoms with Gasteiger partial charge in [0.15, 0.2) is 0 Å². The van der Waals surface area contributed by atoms with Crippen LogP contribution in [0.25, 0.3) is 0 Å². The monoisotopic (exact) mass is 288 g/mol. The summed E-state index contributed by atoms with van der Waals surface area (Å²) in [6, 6.07) is 4.02. The van der Waals surface area contributed by atoms with Gasteiger partial charge in [-0.25, -0.2) is 12.8 Å². The van der Waals surface area contributed by atoms with E-state index >= 15 is 0 Å². The van der Waals surface area contributed by atoms with Crippen molar-refractivity contribution in [3.05, 3.63) is 29.6 Å². The lowest BCUT2D eigenvalue weighted by molar-refractivity contribution is 0.397. The highest BCUT2D eigenvalue weighted by Crippen LogP contribution is 2.21. The molecule has 4 nitrogen and oxygen atoms in total. The average molecular weight is 288 g/mol. The van der Waals surface area contributed by atoms with Gasteiger partial charge in [0.05, 0.1) is 5.75 Å². The molecule has 3 N–H and O–H groups in total. The fourth-order valence-corrected chi connectivity index (χ4v) is 2.94. The van der Waals surface area contributed by atoms with Gasteiger partial charge in [-0.2, -0.15) is 0 Å². The maximum absolute atomic E-state index is 13.2. The molecule has 0 aromatic heterocycles. The number of hydrogen-bond acceptors (Lipinski definition) is 3. The van der Waals surface area contributed by atoms with Crippen LogP contribution in [0.5, 0.6) is 0 Å². The quantitative estimate of drug-likeness (QED) is 0.874. The number of hydrogen-bond donors (Lipinski definition) is 2. The summed E-state index contributed by atoms with van der Waals surface area (Å²) in [6.45, 7) is 5.97. The Balaban J connectivity index is 2.78. The Kier molecular flexibility index (Phi) is 4.92. The van der Waals surface area contributed by atoms with Crippen LogP contribution in [0.3, 0.4) is 0 Å². The van der Waals surface area contributed by atoms with Crippen LogP contribution < -0.4 is 10.5 Å². The van der Waals surface area contributed by atoms with Gasteiger partial charge in [-0.1, -0.05) is 20.8 Å². The van der Waals surface area contributed by atoms with Gasteiger partial charge in [0.25, 0.3) is 0 Å². The molecule has 108 valence electrons. The second kappa shape index (κ2) is 5.88. The predicted octanol–water partition coefficient (Wildman–Crippen LogP) is 2.46. The lowest BCUT2D eigenvalue weighted by atomic mass is 9.94. The van der Waals surface area contributed by atoms with E-state index in [0.29, 0.717) is 12.1 Å². The Morgan fingerprint density at radius 2 is 1.95 bits per heavy atom. The maximum atomic E-state index is 13.2. The van der Waals surface area contributed by atoms with Gasteiger partial charge in [-0.05, 0) is 30.0 Å². The summed E-state index contributed by atoms with van der Waals surface area (Å²) in [5.74, 6) is -0.397. The average Bonchev–Trinajstić information content (AvgIpc) is 2.28. The number of halogens is 1. The van der Waals surface area contributed by atoms with E-state index in [1.54, 1.807) is 0 Å². The third-order valence-corrected chi connectivity index (χ3v) is 3.95. The van der Waals surface area contributed by atoms with Gasteiger partial charge >= 0.3 is 0 Å². The van der Waals surface area contributed by atoms with Crippen LogP contribution in [0.15, 0.2) is 18.2 Å². The molecule has 1 rings (SSSR count).